The summed E-state index contributed by atoms with van der Waals surface area (Å²) in [5.41, 5.74) is 1.82. The van der Waals surface area contributed by atoms with Crippen LogP contribution in [0.3, 0.4) is 0 Å². The molecule has 1 N–H and O–H groups in total. The van der Waals surface area contributed by atoms with E-state index in [-0.39, 0.29) is 11.8 Å². The van der Waals surface area contributed by atoms with Crippen molar-refractivity contribution in [2.45, 2.75) is 19.4 Å². The lowest BCUT2D eigenvalue weighted by molar-refractivity contribution is -0.125. The maximum atomic E-state index is 12.2. The van der Waals surface area contributed by atoms with Gasteiger partial charge in [0.05, 0.1) is 13.2 Å². The predicted octanol–water partition coefficient (Wildman–Crippen LogP) is 1.93. The third-order valence-electron chi connectivity index (χ3n) is 3.47. The number of hydrogen-bond donors (Lipinski definition) is 1. The van der Waals surface area contributed by atoms with Crippen LogP contribution in [0.15, 0.2) is 41.1 Å². The quantitative estimate of drug-likeness (QED) is 0.927. The maximum absolute atomic E-state index is 12.2. The first-order valence-electron chi connectivity index (χ1n) is 6.70. The highest BCUT2D eigenvalue weighted by molar-refractivity contribution is 5.79. The van der Waals surface area contributed by atoms with Gasteiger partial charge in [0, 0.05) is 12.0 Å². The Balaban J connectivity index is 1.63. The van der Waals surface area contributed by atoms with E-state index >= 15 is 0 Å². The van der Waals surface area contributed by atoms with Gasteiger partial charge in [0.25, 0.3) is 0 Å². The minimum Gasteiger partial charge on any atom is -0.493 e. The second-order valence-electron chi connectivity index (χ2n) is 4.85. The van der Waals surface area contributed by atoms with Crippen LogP contribution in [0.25, 0.3) is 0 Å². The molecule has 2 heterocycles. The van der Waals surface area contributed by atoms with Crippen molar-refractivity contribution in [1.82, 2.24) is 10.5 Å². The topological polar surface area (TPSA) is 64.4 Å². The normalized spacial score (nSPS) is 17.7. The molecule has 5 heteroatoms. The molecule has 5 nitrogen and oxygen atoms in total. The van der Waals surface area contributed by atoms with E-state index in [0.717, 1.165) is 23.4 Å². The lowest BCUT2D eigenvalue weighted by Gasteiger charge is -2.13. The monoisotopic (exact) mass is 272 g/mol. The summed E-state index contributed by atoms with van der Waals surface area (Å²) in [6.45, 7) is 0.966. The highest BCUT2D eigenvalue weighted by Gasteiger charge is 2.23. The SMILES string of the molecule is O=C(NCc1ccon1)[C@H]1CCOc2ccccc2C1. The van der Waals surface area contributed by atoms with Gasteiger partial charge in [-0.05, 0) is 24.5 Å². The van der Waals surface area contributed by atoms with Crippen LogP contribution in [0, 0.1) is 5.92 Å². The Morgan fingerprint density at radius 1 is 1.35 bits per heavy atom. The number of aromatic nitrogens is 1. The van der Waals surface area contributed by atoms with Gasteiger partial charge in [0.15, 0.2) is 0 Å². The number of ether oxygens (including phenoxy) is 1. The smallest absolute Gasteiger partial charge is 0.223 e. The minimum atomic E-state index is -0.0643. The first-order chi connectivity index (χ1) is 9.83. The van der Waals surface area contributed by atoms with Gasteiger partial charge in [-0.1, -0.05) is 23.4 Å². The van der Waals surface area contributed by atoms with E-state index in [4.69, 9.17) is 9.26 Å². The number of carbonyl (C=O) groups excluding carboxylic acids is 1. The molecule has 1 aliphatic rings. The summed E-state index contributed by atoms with van der Waals surface area (Å²) in [6.07, 6.45) is 2.93. The van der Waals surface area contributed by atoms with Gasteiger partial charge in [-0.15, -0.1) is 0 Å². The van der Waals surface area contributed by atoms with Crippen LogP contribution >= 0.6 is 0 Å². The van der Waals surface area contributed by atoms with Crippen LogP contribution in [-0.4, -0.2) is 17.7 Å². The molecule has 1 aromatic carbocycles. The van der Waals surface area contributed by atoms with E-state index in [0.29, 0.717) is 19.6 Å². The van der Waals surface area contributed by atoms with Crippen molar-refractivity contribution in [3.05, 3.63) is 47.9 Å². The zero-order valence-electron chi connectivity index (χ0n) is 11.0. The van der Waals surface area contributed by atoms with Gasteiger partial charge >= 0.3 is 0 Å². The third kappa shape index (κ3) is 2.82. The van der Waals surface area contributed by atoms with Crippen molar-refractivity contribution in [1.29, 1.82) is 0 Å². The molecule has 1 aliphatic heterocycles. The Hall–Kier alpha value is -2.30. The minimum absolute atomic E-state index is 0.0355. The molecule has 20 heavy (non-hydrogen) atoms. The number of para-hydroxylation sites is 1. The number of benzene rings is 1. The first kappa shape index (κ1) is 12.7. The summed E-state index contributed by atoms with van der Waals surface area (Å²) in [4.78, 5) is 12.2. The van der Waals surface area contributed by atoms with Crippen molar-refractivity contribution < 1.29 is 14.1 Å². The molecule has 0 aliphatic carbocycles. The fourth-order valence-corrected chi connectivity index (χ4v) is 2.37. The van der Waals surface area contributed by atoms with E-state index in [1.807, 2.05) is 24.3 Å². The molecule has 0 unspecified atom stereocenters. The highest BCUT2D eigenvalue weighted by Crippen LogP contribution is 2.26. The van der Waals surface area contributed by atoms with Gasteiger partial charge in [-0.2, -0.15) is 0 Å². The summed E-state index contributed by atoms with van der Waals surface area (Å²) in [5.74, 6) is 0.859. The van der Waals surface area contributed by atoms with Crippen molar-refractivity contribution >= 4 is 5.91 Å². The molecular formula is C15H16N2O3. The summed E-state index contributed by atoms with van der Waals surface area (Å²) in [7, 11) is 0. The van der Waals surface area contributed by atoms with Crippen LogP contribution in [0.1, 0.15) is 17.7 Å². The molecule has 104 valence electrons. The number of hydrogen-bond acceptors (Lipinski definition) is 4. The molecule has 0 saturated heterocycles. The number of carbonyl (C=O) groups is 1. The maximum Gasteiger partial charge on any atom is 0.223 e. The van der Waals surface area contributed by atoms with Crippen LogP contribution in [0.5, 0.6) is 5.75 Å². The summed E-state index contributed by atoms with van der Waals surface area (Å²) >= 11 is 0. The second-order valence-corrected chi connectivity index (χ2v) is 4.85. The number of nitrogens with one attached hydrogen (secondary N) is 1. The standard InChI is InChI=1S/C15H16N2O3/c18-15(16-10-13-6-8-20-17-13)12-5-7-19-14-4-2-1-3-11(14)9-12/h1-4,6,8,12H,5,7,9-10H2,(H,16,18)/t12-/m0/s1. The molecule has 0 saturated carbocycles. The lowest BCUT2D eigenvalue weighted by atomic mass is 9.96. The molecule has 0 bridgehead atoms. The molecule has 0 radical (unpaired) electrons. The molecule has 0 fully saturated rings. The summed E-state index contributed by atoms with van der Waals surface area (Å²) < 4.78 is 10.4. The van der Waals surface area contributed by atoms with Gasteiger partial charge in [0.1, 0.15) is 17.7 Å². The van der Waals surface area contributed by atoms with Crippen molar-refractivity contribution in [3.63, 3.8) is 0 Å². The number of fused-ring (bicyclic) bond motifs is 1. The van der Waals surface area contributed by atoms with Gasteiger partial charge in [-0.25, -0.2) is 0 Å². The van der Waals surface area contributed by atoms with Crippen LogP contribution in [0.4, 0.5) is 0 Å². The molecule has 1 aromatic heterocycles. The van der Waals surface area contributed by atoms with E-state index in [1.165, 1.54) is 6.26 Å². The van der Waals surface area contributed by atoms with Gasteiger partial charge in [0.2, 0.25) is 5.91 Å². The largest absolute Gasteiger partial charge is 0.493 e. The lowest BCUT2D eigenvalue weighted by Crippen LogP contribution is -2.31. The molecule has 3 rings (SSSR count). The van der Waals surface area contributed by atoms with Crippen molar-refractivity contribution in [3.8, 4) is 5.75 Å². The first-order valence-corrected chi connectivity index (χ1v) is 6.70. The van der Waals surface area contributed by atoms with E-state index in [1.54, 1.807) is 6.07 Å². The second kappa shape index (κ2) is 5.77. The zero-order chi connectivity index (χ0) is 13.8. The molecule has 0 spiro atoms. The van der Waals surface area contributed by atoms with Gasteiger partial charge < -0.3 is 14.6 Å². The Labute approximate surface area is 116 Å². The number of rotatable bonds is 3. The van der Waals surface area contributed by atoms with E-state index in [9.17, 15) is 4.79 Å². The third-order valence-corrected chi connectivity index (χ3v) is 3.47. The van der Waals surface area contributed by atoms with E-state index < -0.39 is 0 Å². The average molecular weight is 272 g/mol. The van der Waals surface area contributed by atoms with Crippen molar-refractivity contribution in [2.75, 3.05) is 6.61 Å². The van der Waals surface area contributed by atoms with Crippen LogP contribution in [0.2, 0.25) is 0 Å². The zero-order valence-corrected chi connectivity index (χ0v) is 11.0. The summed E-state index contributed by atoms with van der Waals surface area (Å²) in [5, 5.41) is 6.67. The Morgan fingerprint density at radius 2 is 2.25 bits per heavy atom. The number of amides is 1. The molecule has 1 atom stereocenters. The Kier molecular flexibility index (Phi) is 3.67. The summed E-state index contributed by atoms with van der Waals surface area (Å²) in [6, 6.07) is 9.62. The Bertz CT molecular complexity index is 581. The fourth-order valence-electron chi connectivity index (χ4n) is 2.37. The number of nitrogens with zero attached hydrogens (tertiary/aromatic N) is 1. The highest BCUT2D eigenvalue weighted by atomic mass is 16.5. The average Bonchev–Trinajstić information content (AvgIpc) is 2.89. The van der Waals surface area contributed by atoms with Gasteiger partial charge in [-0.3, -0.25) is 4.79 Å². The molecule has 2 aromatic rings. The fraction of sp³-hybridized carbons (Fsp3) is 0.333. The Morgan fingerprint density at radius 3 is 3.10 bits per heavy atom. The van der Waals surface area contributed by atoms with Crippen molar-refractivity contribution in [2.24, 2.45) is 5.92 Å². The van der Waals surface area contributed by atoms with Crippen LogP contribution in [-0.2, 0) is 17.8 Å². The van der Waals surface area contributed by atoms with E-state index in [2.05, 4.69) is 10.5 Å². The molecular weight excluding hydrogens is 256 g/mol. The van der Waals surface area contributed by atoms with Crippen LogP contribution < -0.4 is 10.1 Å². The molecule has 1 amide bonds. The predicted molar refractivity (Wildman–Crippen MR) is 72.1 cm³/mol.